The molecule has 4 heteroatoms. The molecule has 0 spiro atoms. The molecule has 0 saturated carbocycles. The number of nitriles is 1. The Morgan fingerprint density at radius 2 is 2.36 bits per heavy atom. The van der Waals surface area contributed by atoms with Crippen molar-refractivity contribution in [1.29, 1.82) is 5.26 Å². The van der Waals surface area contributed by atoms with E-state index in [-0.39, 0.29) is 12.3 Å². The largest absolute Gasteiger partial charge is 0.384 e. The lowest BCUT2D eigenvalue weighted by molar-refractivity contribution is -0.117. The number of nitrogens with one attached hydrogen (secondary N) is 1. The molecule has 0 saturated heterocycles. The lowest BCUT2D eigenvalue weighted by atomic mass is 10.2. The smallest absolute Gasteiger partial charge is 0.219 e. The number of benzene rings is 1. The fourth-order valence-corrected chi connectivity index (χ4v) is 1.03. The van der Waals surface area contributed by atoms with Gasteiger partial charge in [-0.15, -0.1) is 0 Å². The highest BCUT2D eigenvalue weighted by Crippen LogP contribution is 2.09. The molecule has 0 aliphatic heterocycles. The van der Waals surface area contributed by atoms with E-state index in [0.717, 1.165) is 5.69 Å². The van der Waals surface area contributed by atoms with Crippen LogP contribution < -0.4 is 11.1 Å². The SMILES string of the molecule is N#Cc1cccc(NCCC(N)=O)c1. The molecule has 1 amide bonds. The molecule has 1 aromatic carbocycles. The van der Waals surface area contributed by atoms with Crippen LogP contribution in [0, 0.1) is 11.3 Å². The normalized spacial score (nSPS) is 9.07. The summed E-state index contributed by atoms with van der Waals surface area (Å²) in [5.41, 5.74) is 6.40. The fourth-order valence-electron chi connectivity index (χ4n) is 1.03. The predicted molar refractivity (Wildman–Crippen MR) is 53.5 cm³/mol. The first-order chi connectivity index (χ1) is 6.72. The molecular formula is C10H11N3O. The van der Waals surface area contributed by atoms with Crippen LogP contribution in [0.2, 0.25) is 0 Å². The number of carbonyl (C=O) groups is 1. The van der Waals surface area contributed by atoms with Crippen molar-refractivity contribution in [1.82, 2.24) is 0 Å². The molecule has 4 nitrogen and oxygen atoms in total. The maximum Gasteiger partial charge on any atom is 0.219 e. The highest BCUT2D eigenvalue weighted by molar-refractivity contribution is 5.74. The second-order valence-electron chi connectivity index (χ2n) is 2.84. The van der Waals surface area contributed by atoms with E-state index in [2.05, 4.69) is 5.32 Å². The van der Waals surface area contributed by atoms with Crippen molar-refractivity contribution in [3.8, 4) is 6.07 Å². The van der Waals surface area contributed by atoms with E-state index in [4.69, 9.17) is 11.0 Å². The van der Waals surface area contributed by atoms with Gasteiger partial charge in [0.2, 0.25) is 5.91 Å². The maximum absolute atomic E-state index is 10.4. The lowest BCUT2D eigenvalue weighted by Gasteiger charge is -2.04. The first-order valence-electron chi connectivity index (χ1n) is 4.24. The van der Waals surface area contributed by atoms with Gasteiger partial charge in [0, 0.05) is 18.7 Å². The molecule has 1 aromatic rings. The van der Waals surface area contributed by atoms with E-state index < -0.39 is 0 Å². The summed E-state index contributed by atoms with van der Waals surface area (Å²) in [6.45, 7) is 0.490. The van der Waals surface area contributed by atoms with Crippen molar-refractivity contribution >= 4 is 11.6 Å². The van der Waals surface area contributed by atoms with E-state index >= 15 is 0 Å². The number of amides is 1. The molecule has 0 aliphatic rings. The molecule has 1 rings (SSSR count). The highest BCUT2D eigenvalue weighted by Gasteiger charge is 1.96. The van der Waals surface area contributed by atoms with Gasteiger partial charge in [-0.1, -0.05) is 6.07 Å². The number of anilines is 1. The summed E-state index contributed by atoms with van der Waals surface area (Å²) in [6, 6.07) is 9.10. The van der Waals surface area contributed by atoms with Crippen LogP contribution in [-0.4, -0.2) is 12.5 Å². The Balaban J connectivity index is 2.51. The molecule has 0 unspecified atom stereocenters. The minimum absolute atomic E-state index is 0.288. The van der Waals surface area contributed by atoms with Gasteiger partial charge >= 0.3 is 0 Å². The van der Waals surface area contributed by atoms with Crippen LogP contribution in [0.15, 0.2) is 24.3 Å². The topological polar surface area (TPSA) is 78.9 Å². The van der Waals surface area contributed by atoms with Gasteiger partial charge in [-0.25, -0.2) is 0 Å². The molecule has 72 valence electrons. The summed E-state index contributed by atoms with van der Waals surface area (Å²) in [4.78, 5) is 10.4. The van der Waals surface area contributed by atoms with Gasteiger partial charge in [0.05, 0.1) is 11.6 Å². The third-order valence-electron chi connectivity index (χ3n) is 1.69. The van der Waals surface area contributed by atoms with E-state index in [1.54, 1.807) is 18.2 Å². The molecule has 0 radical (unpaired) electrons. The third kappa shape index (κ3) is 3.15. The van der Waals surface area contributed by atoms with Crippen LogP contribution in [0.4, 0.5) is 5.69 Å². The van der Waals surface area contributed by atoms with Crippen LogP contribution in [0.1, 0.15) is 12.0 Å². The van der Waals surface area contributed by atoms with Crippen LogP contribution in [-0.2, 0) is 4.79 Å². The number of primary amides is 1. The van der Waals surface area contributed by atoms with Gasteiger partial charge in [-0.05, 0) is 18.2 Å². The van der Waals surface area contributed by atoms with Gasteiger partial charge in [0.1, 0.15) is 0 Å². The van der Waals surface area contributed by atoms with Crippen LogP contribution in [0.3, 0.4) is 0 Å². The Hall–Kier alpha value is -2.02. The summed E-state index contributed by atoms with van der Waals surface area (Å²) < 4.78 is 0. The summed E-state index contributed by atoms with van der Waals surface area (Å²) in [7, 11) is 0. The minimum atomic E-state index is -0.339. The van der Waals surface area contributed by atoms with Crippen LogP contribution in [0.25, 0.3) is 0 Å². The Morgan fingerprint density at radius 1 is 1.57 bits per heavy atom. The average molecular weight is 189 g/mol. The number of carbonyl (C=O) groups excluding carboxylic acids is 1. The summed E-state index contributed by atoms with van der Waals surface area (Å²) in [6.07, 6.45) is 0.288. The third-order valence-corrected chi connectivity index (χ3v) is 1.69. The fraction of sp³-hybridized carbons (Fsp3) is 0.200. The molecule has 0 aliphatic carbocycles. The lowest BCUT2D eigenvalue weighted by Crippen LogP contribution is -2.15. The maximum atomic E-state index is 10.4. The second-order valence-corrected chi connectivity index (χ2v) is 2.84. The van der Waals surface area contributed by atoms with Crippen molar-refractivity contribution in [3.05, 3.63) is 29.8 Å². The molecule has 0 bridgehead atoms. The number of hydrogen-bond acceptors (Lipinski definition) is 3. The Morgan fingerprint density at radius 3 is 3.00 bits per heavy atom. The first-order valence-corrected chi connectivity index (χ1v) is 4.24. The molecule has 3 N–H and O–H groups in total. The second kappa shape index (κ2) is 4.87. The van der Waals surface area contributed by atoms with Crippen molar-refractivity contribution in [2.75, 3.05) is 11.9 Å². The van der Waals surface area contributed by atoms with Gasteiger partial charge in [0.25, 0.3) is 0 Å². The molecule has 0 aromatic heterocycles. The molecular weight excluding hydrogens is 178 g/mol. The van der Waals surface area contributed by atoms with Crippen molar-refractivity contribution < 1.29 is 4.79 Å². The number of hydrogen-bond donors (Lipinski definition) is 2. The van der Waals surface area contributed by atoms with Gasteiger partial charge < -0.3 is 11.1 Å². The van der Waals surface area contributed by atoms with Gasteiger partial charge in [-0.2, -0.15) is 5.26 Å². The van der Waals surface area contributed by atoms with Crippen LogP contribution >= 0.6 is 0 Å². The zero-order valence-corrected chi connectivity index (χ0v) is 7.66. The average Bonchev–Trinajstić information content (AvgIpc) is 2.18. The zero-order chi connectivity index (χ0) is 10.4. The molecule has 0 atom stereocenters. The number of nitrogens with zero attached hydrogens (tertiary/aromatic N) is 1. The quantitative estimate of drug-likeness (QED) is 0.736. The Bertz CT molecular complexity index is 368. The minimum Gasteiger partial charge on any atom is -0.384 e. The summed E-state index contributed by atoms with van der Waals surface area (Å²) in [5, 5.41) is 11.6. The van der Waals surface area contributed by atoms with Gasteiger partial charge in [-0.3, -0.25) is 4.79 Å². The van der Waals surface area contributed by atoms with E-state index in [1.807, 2.05) is 12.1 Å². The predicted octanol–water partition coefficient (Wildman–Crippen LogP) is 0.846. The zero-order valence-electron chi connectivity index (χ0n) is 7.66. The van der Waals surface area contributed by atoms with E-state index in [9.17, 15) is 4.79 Å². The molecule has 0 fully saturated rings. The van der Waals surface area contributed by atoms with E-state index in [0.29, 0.717) is 12.1 Å². The highest BCUT2D eigenvalue weighted by atomic mass is 16.1. The van der Waals surface area contributed by atoms with Crippen molar-refractivity contribution in [2.24, 2.45) is 5.73 Å². The number of rotatable bonds is 4. The Kier molecular flexibility index (Phi) is 3.50. The molecule has 14 heavy (non-hydrogen) atoms. The first kappa shape index (κ1) is 10.1. The summed E-state index contributed by atoms with van der Waals surface area (Å²) in [5.74, 6) is -0.339. The van der Waals surface area contributed by atoms with Crippen LogP contribution in [0.5, 0.6) is 0 Å². The standard InChI is InChI=1S/C10H11N3O/c11-7-8-2-1-3-9(6-8)13-5-4-10(12)14/h1-3,6,13H,4-5H2,(H2,12,14). The monoisotopic (exact) mass is 189 g/mol. The Labute approximate surface area is 82.3 Å². The molecule has 0 heterocycles. The van der Waals surface area contributed by atoms with Crippen molar-refractivity contribution in [2.45, 2.75) is 6.42 Å². The van der Waals surface area contributed by atoms with E-state index in [1.165, 1.54) is 0 Å². The number of nitrogens with two attached hydrogens (primary N) is 1. The van der Waals surface area contributed by atoms with Gasteiger partial charge in [0.15, 0.2) is 0 Å². The van der Waals surface area contributed by atoms with Crippen molar-refractivity contribution in [3.63, 3.8) is 0 Å². The summed E-state index contributed by atoms with van der Waals surface area (Å²) >= 11 is 0.